The lowest BCUT2D eigenvalue weighted by molar-refractivity contribution is -0.126. The summed E-state index contributed by atoms with van der Waals surface area (Å²) >= 11 is 3.41. The molecule has 112 valence electrons. The molecule has 2 aromatic rings. The van der Waals surface area contributed by atoms with Gasteiger partial charge in [-0.05, 0) is 29.8 Å². The third-order valence-electron chi connectivity index (χ3n) is 3.99. The van der Waals surface area contributed by atoms with E-state index >= 15 is 0 Å². The van der Waals surface area contributed by atoms with Gasteiger partial charge in [0.05, 0.1) is 6.04 Å². The number of fused-ring (bicyclic) bond motifs is 1. The van der Waals surface area contributed by atoms with Gasteiger partial charge in [0.2, 0.25) is 12.7 Å². The zero-order chi connectivity index (χ0) is 15.3. The van der Waals surface area contributed by atoms with Crippen molar-refractivity contribution < 1.29 is 14.3 Å². The van der Waals surface area contributed by atoms with Gasteiger partial charge >= 0.3 is 0 Å². The van der Waals surface area contributed by atoms with Crippen LogP contribution in [0.2, 0.25) is 0 Å². The lowest BCUT2D eigenvalue weighted by Crippen LogP contribution is -2.63. The molecule has 1 amide bonds. The van der Waals surface area contributed by atoms with Crippen LogP contribution >= 0.6 is 15.9 Å². The summed E-state index contributed by atoms with van der Waals surface area (Å²) in [6.07, 6.45) is 0. The van der Waals surface area contributed by atoms with E-state index in [-0.39, 0.29) is 18.7 Å². The summed E-state index contributed by atoms with van der Waals surface area (Å²) in [5.41, 5.74) is 7.79. The van der Waals surface area contributed by atoms with Gasteiger partial charge in [-0.3, -0.25) is 4.79 Å². The van der Waals surface area contributed by atoms with E-state index < -0.39 is 6.04 Å². The van der Waals surface area contributed by atoms with Crippen molar-refractivity contribution >= 4 is 27.5 Å². The van der Waals surface area contributed by atoms with Crippen LogP contribution in [0.1, 0.15) is 11.6 Å². The second-order valence-electron chi connectivity index (χ2n) is 5.27. The molecule has 0 saturated carbocycles. The van der Waals surface area contributed by atoms with E-state index in [1.54, 1.807) is 4.90 Å². The molecule has 0 bridgehead atoms. The van der Waals surface area contributed by atoms with Gasteiger partial charge in [-0.2, -0.15) is 0 Å². The van der Waals surface area contributed by atoms with E-state index in [2.05, 4.69) is 15.9 Å². The number of carbonyl (C=O) groups excluding carboxylic acids is 1. The number of rotatable bonds is 2. The maximum absolute atomic E-state index is 12.2. The molecule has 4 rings (SSSR count). The topological polar surface area (TPSA) is 64.8 Å². The number of hydrogen-bond acceptors (Lipinski definition) is 4. The highest BCUT2D eigenvalue weighted by molar-refractivity contribution is 9.10. The van der Waals surface area contributed by atoms with Crippen molar-refractivity contribution in [1.29, 1.82) is 0 Å². The SMILES string of the molecule is N[C@H]1C(=O)N(c2ccc3c(c2)OCO3)[C@@H]1c1ccc(Br)cc1. The minimum Gasteiger partial charge on any atom is -0.454 e. The second-order valence-corrected chi connectivity index (χ2v) is 6.18. The first-order valence-corrected chi connectivity index (χ1v) is 7.68. The molecule has 2 aromatic carbocycles. The lowest BCUT2D eigenvalue weighted by atomic mass is 9.88. The van der Waals surface area contributed by atoms with Gasteiger partial charge < -0.3 is 20.1 Å². The largest absolute Gasteiger partial charge is 0.454 e. The molecule has 2 aliphatic heterocycles. The van der Waals surface area contributed by atoms with E-state index in [1.165, 1.54) is 0 Å². The molecule has 0 spiro atoms. The van der Waals surface area contributed by atoms with Crippen LogP contribution in [0.3, 0.4) is 0 Å². The van der Waals surface area contributed by atoms with Crippen molar-refractivity contribution in [2.75, 3.05) is 11.7 Å². The zero-order valence-electron chi connectivity index (χ0n) is 11.5. The summed E-state index contributed by atoms with van der Waals surface area (Å²) in [6.45, 7) is 0.211. The van der Waals surface area contributed by atoms with Crippen molar-refractivity contribution in [3.05, 3.63) is 52.5 Å². The number of anilines is 1. The monoisotopic (exact) mass is 360 g/mol. The van der Waals surface area contributed by atoms with Gasteiger partial charge in [-0.1, -0.05) is 28.1 Å². The molecule has 22 heavy (non-hydrogen) atoms. The van der Waals surface area contributed by atoms with Gasteiger partial charge in [0.25, 0.3) is 0 Å². The minimum absolute atomic E-state index is 0.0909. The Labute approximate surface area is 135 Å². The van der Waals surface area contributed by atoms with Crippen molar-refractivity contribution in [2.24, 2.45) is 5.73 Å². The quantitative estimate of drug-likeness (QED) is 0.836. The number of amides is 1. The summed E-state index contributed by atoms with van der Waals surface area (Å²) in [4.78, 5) is 13.9. The molecule has 2 aliphatic rings. The molecule has 2 atom stereocenters. The number of benzene rings is 2. The molecular weight excluding hydrogens is 348 g/mol. The van der Waals surface area contributed by atoms with Crippen LogP contribution in [0.5, 0.6) is 11.5 Å². The number of nitrogens with zero attached hydrogens (tertiary/aromatic N) is 1. The van der Waals surface area contributed by atoms with Gasteiger partial charge in [0, 0.05) is 16.2 Å². The number of halogens is 1. The summed E-state index contributed by atoms with van der Waals surface area (Å²) in [5, 5.41) is 0. The Balaban J connectivity index is 1.70. The van der Waals surface area contributed by atoms with Crippen LogP contribution in [0.25, 0.3) is 0 Å². The Bertz CT molecular complexity index is 748. The summed E-state index contributed by atoms with van der Waals surface area (Å²) < 4.78 is 11.7. The van der Waals surface area contributed by atoms with Crippen LogP contribution in [-0.2, 0) is 4.79 Å². The third-order valence-corrected chi connectivity index (χ3v) is 4.52. The number of β-lactam (4-membered cyclic amide) rings is 1. The number of hydrogen-bond donors (Lipinski definition) is 1. The third kappa shape index (κ3) is 1.99. The van der Waals surface area contributed by atoms with E-state index in [9.17, 15) is 4.79 Å². The standard InChI is InChI=1S/C16H13BrN2O3/c17-10-3-1-9(2-4-10)15-14(18)16(20)19(15)11-5-6-12-13(7-11)22-8-21-12/h1-7,14-15H,8,18H2/t14-,15-/m1/s1. The van der Waals surface area contributed by atoms with E-state index in [0.29, 0.717) is 11.5 Å². The molecule has 2 heterocycles. The highest BCUT2D eigenvalue weighted by Gasteiger charge is 2.46. The van der Waals surface area contributed by atoms with Crippen molar-refractivity contribution in [3.63, 3.8) is 0 Å². The molecule has 1 saturated heterocycles. The molecule has 0 aromatic heterocycles. The maximum Gasteiger partial charge on any atom is 0.247 e. The summed E-state index contributed by atoms with van der Waals surface area (Å²) in [5.74, 6) is 1.26. The van der Waals surface area contributed by atoms with E-state index in [0.717, 1.165) is 15.7 Å². The Hall–Kier alpha value is -2.05. The van der Waals surface area contributed by atoms with Crippen molar-refractivity contribution in [3.8, 4) is 11.5 Å². The van der Waals surface area contributed by atoms with Crippen molar-refractivity contribution in [1.82, 2.24) is 0 Å². The highest BCUT2D eigenvalue weighted by Crippen LogP contribution is 2.42. The predicted molar refractivity (Wildman–Crippen MR) is 84.9 cm³/mol. The van der Waals surface area contributed by atoms with Gasteiger partial charge in [-0.15, -0.1) is 0 Å². The Morgan fingerprint density at radius 3 is 2.59 bits per heavy atom. The summed E-state index contributed by atoms with van der Waals surface area (Å²) in [6, 6.07) is 12.6. The smallest absolute Gasteiger partial charge is 0.247 e. The highest BCUT2D eigenvalue weighted by atomic mass is 79.9. The average Bonchev–Trinajstić information content (AvgIpc) is 3.00. The fourth-order valence-electron chi connectivity index (χ4n) is 2.85. The van der Waals surface area contributed by atoms with E-state index in [4.69, 9.17) is 15.2 Å². The Morgan fingerprint density at radius 2 is 1.82 bits per heavy atom. The summed E-state index contributed by atoms with van der Waals surface area (Å²) in [7, 11) is 0. The fraction of sp³-hybridized carbons (Fsp3) is 0.188. The fourth-order valence-corrected chi connectivity index (χ4v) is 3.11. The molecule has 1 fully saturated rings. The molecule has 2 N–H and O–H groups in total. The Morgan fingerprint density at radius 1 is 1.09 bits per heavy atom. The maximum atomic E-state index is 12.2. The Kier molecular flexibility index (Phi) is 3.09. The molecule has 0 unspecified atom stereocenters. The molecular formula is C16H13BrN2O3. The van der Waals surface area contributed by atoms with E-state index in [1.807, 2.05) is 42.5 Å². The number of ether oxygens (including phenoxy) is 2. The van der Waals surface area contributed by atoms with Crippen LogP contribution in [0.15, 0.2) is 46.9 Å². The number of nitrogens with two attached hydrogens (primary N) is 1. The zero-order valence-corrected chi connectivity index (χ0v) is 13.1. The molecule has 6 heteroatoms. The minimum atomic E-state index is -0.522. The van der Waals surface area contributed by atoms with Crippen LogP contribution in [0.4, 0.5) is 5.69 Å². The number of carbonyl (C=O) groups is 1. The molecule has 0 radical (unpaired) electrons. The normalized spacial score (nSPS) is 22.6. The molecule has 5 nitrogen and oxygen atoms in total. The van der Waals surface area contributed by atoms with Crippen LogP contribution in [0, 0.1) is 0 Å². The van der Waals surface area contributed by atoms with Crippen LogP contribution < -0.4 is 20.1 Å². The van der Waals surface area contributed by atoms with Crippen molar-refractivity contribution in [2.45, 2.75) is 12.1 Å². The first-order chi connectivity index (χ1) is 10.6. The van der Waals surface area contributed by atoms with Crippen LogP contribution in [-0.4, -0.2) is 18.7 Å². The second kappa shape index (κ2) is 5.00. The average molecular weight is 361 g/mol. The van der Waals surface area contributed by atoms with Gasteiger partial charge in [0.15, 0.2) is 11.5 Å². The predicted octanol–water partition coefficient (Wildman–Crippen LogP) is 2.59. The first kappa shape index (κ1) is 13.6. The first-order valence-electron chi connectivity index (χ1n) is 6.89. The molecule has 0 aliphatic carbocycles. The lowest BCUT2D eigenvalue weighted by Gasteiger charge is -2.45. The van der Waals surface area contributed by atoms with Gasteiger partial charge in [0.1, 0.15) is 6.04 Å². The van der Waals surface area contributed by atoms with Gasteiger partial charge in [-0.25, -0.2) is 0 Å².